The average molecular weight is 291 g/mol. The summed E-state index contributed by atoms with van der Waals surface area (Å²) in [5, 5.41) is 7.65. The Hall–Kier alpha value is -2.25. The van der Waals surface area contributed by atoms with Crippen LogP contribution in [-0.4, -0.2) is 19.3 Å². The number of aromatic nitrogens is 1. The summed E-state index contributed by atoms with van der Waals surface area (Å²) in [7, 11) is -3.80. The summed E-state index contributed by atoms with van der Waals surface area (Å²) in [6.07, 6.45) is 1.59. The molecule has 2 rings (SSSR count). The minimum Gasteiger partial charge on any atom is -0.322 e. The monoisotopic (exact) mass is 291 g/mol. The number of hydrogen-bond donors (Lipinski definition) is 2. The van der Waals surface area contributed by atoms with Gasteiger partial charge in [0.15, 0.2) is 0 Å². The third-order valence-corrected chi connectivity index (χ3v) is 3.58. The fourth-order valence-corrected chi connectivity index (χ4v) is 2.23. The van der Waals surface area contributed by atoms with E-state index < -0.39 is 10.0 Å². The lowest BCUT2D eigenvalue weighted by Gasteiger charge is -2.08. The molecule has 2 aromatic rings. The normalized spacial score (nSPS) is 11.1. The summed E-state index contributed by atoms with van der Waals surface area (Å²) >= 11 is 0. The van der Waals surface area contributed by atoms with Gasteiger partial charge < -0.3 is 5.32 Å². The van der Waals surface area contributed by atoms with Crippen molar-refractivity contribution in [3.8, 4) is 0 Å². The molecule has 0 bridgehead atoms. The summed E-state index contributed by atoms with van der Waals surface area (Å²) < 4.78 is 22.5. The molecule has 0 saturated carbocycles. The molecule has 7 heteroatoms. The van der Waals surface area contributed by atoms with Crippen LogP contribution in [0.5, 0.6) is 0 Å². The standard InChI is InChI=1S/C13H13N3O3S/c1-9-12(6-3-7-15-9)13(17)16-10-4-2-5-11(8-10)20(14,18)19/h2-8H,1H3,(H,16,17)(H2,14,18,19). The van der Waals surface area contributed by atoms with Gasteiger partial charge in [0.1, 0.15) is 0 Å². The van der Waals surface area contributed by atoms with Gasteiger partial charge in [0, 0.05) is 17.6 Å². The van der Waals surface area contributed by atoms with Gasteiger partial charge in [-0.05, 0) is 37.3 Å². The molecule has 20 heavy (non-hydrogen) atoms. The van der Waals surface area contributed by atoms with Crippen molar-refractivity contribution in [2.45, 2.75) is 11.8 Å². The van der Waals surface area contributed by atoms with Crippen LogP contribution in [0.4, 0.5) is 5.69 Å². The first kappa shape index (κ1) is 14.2. The fourth-order valence-electron chi connectivity index (χ4n) is 1.67. The van der Waals surface area contributed by atoms with Gasteiger partial charge in [-0.3, -0.25) is 9.78 Å². The maximum Gasteiger partial charge on any atom is 0.257 e. The number of nitrogens with one attached hydrogen (secondary N) is 1. The molecular formula is C13H13N3O3S. The molecule has 6 nitrogen and oxygen atoms in total. The molecule has 0 aliphatic heterocycles. The molecule has 1 aromatic heterocycles. The van der Waals surface area contributed by atoms with Gasteiger partial charge >= 0.3 is 0 Å². The molecule has 0 atom stereocenters. The van der Waals surface area contributed by atoms with Gasteiger partial charge in [-0.15, -0.1) is 0 Å². The fraction of sp³-hybridized carbons (Fsp3) is 0.0769. The van der Waals surface area contributed by atoms with Gasteiger partial charge in [-0.1, -0.05) is 6.07 Å². The van der Waals surface area contributed by atoms with E-state index in [2.05, 4.69) is 10.3 Å². The van der Waals surface area contributed by atoms with E-state index in [1.165, 1.54) is 18.2 Å². The average Bonchev–Trinajstić information content (AvgIpc) is 2.38. The van der Waals surface area contributed by atoms with Crippen LogP contribution < -0.4 is 10.5 Å². The van der Waals surface area contributed by atoms with E-state index in [9.17, 15) is 13.2 Å². The number of benzene rings is 1. The number of amides is 1. The van der Waals surface area contributed by atoms with E-state index in [4.69, 9.17) is 5.14 Å². The predicted molar refractivity (Wildman–Crippen MR) is 74.7 cm³/mol. The smallest absolute Gasteiger partial charge is 0.257 e. The molecule has 1 aromatic carbocycles. The lowest BCUT2D eigenvalue weighted by Crippen LogP contribution is -2.15. The van der Waals surface area contributed by atoms with Gasteiger partial charge in [0.25, 0.3) is 5.91 Å². The second-order valence-corrected chi connectivity index (χ2v) is 5.72. The predicted octanol–water partition coefficient (Wildman–Crippen LogP) is 1.29. The third-order valence-electron chi connectivity index (χ3n) is 2.67. The highest BCUT2D eigenvalue weighted by atomic mass is 32.2. The molecule has 1 amide bonds. The van der Waals surface area contributed by atoms with Crippen LogP contribution in [0.15, 0.2) is 47.5 Å². The van der Waals surface area contributed by atoms with Crippen LogP contribution >= 0.6 is 0 Å². The Labute approximate surface area is 116 Å². The quantitative estimate of drug-likeness (QED) is 0.889. The molecule has 3 N–H and O–H groups in total. The summed E-state index contributed by atoms with van der Waals surface area (Å²) in [4.78, 5) is 16.0. The Morgan fingerprint density at radius 1 is 1.25 bits per heavy atom. The molecule has 1 heterocycles. The number of primary sulfonamides is 1. The van der Waals surface area contributed by atoms with Crippen molar-refractivity contribution in [1.82, 2.24) is 4.98 Å². The zero-order valence-corrected chi connectivity index (χ0v) is 11.5. The number of carbonyl (C=O) groups is 1. The van der Waals surface area contributed by atoms with Gasteiger partial charge in [0.2, 0.25) is 10.0 Å². The van der Waals surface area contributed by atoms with E-state index in [0.29, 0.717) is 16.9 Å². The van der Waals surface area contributed by atoms with Crippen molar-refractivity contribution in [1.29, 1.82) is 0 Å². The first-order valence-electron chi connectivity index (χ1n) is 5.74. The van der Waals surface area contributed by atoms with Crippen LogP contribution in [0.25, 0.3) is 0 Å². The number of rotatable bonds is 3. The Morgan fingerprint density at radius 3 is 2.65 bits per heavy atom. The second-order valence-electron chi connectivity index (χ2n) is 4.16. The maximum absolute atomic E-state index is 12.1. The maximum atomic E-state index is 12.1. The lowest BCUT2D eigenvalue weighted by atomic mass is 10.2. The number of aryl methyl sites for hydroxylation is 1. The van der Waals surface area contributed by atoms with Crippen LogP contribution in [0, 0.1) is 6.92 Å². The van der Waals surface area contributed by atoms with Gasteiger partial charge in [-0.25, -0.2) is 13.6 Å². The molecule has 0 fully saturated rings. The first-order valence-corrected chi connectivity index (χ1v) is 7.28. The van der Waals surface area contributed by atoms with E-state index >= 15 is 0 Å². The molecule has 0 saturated heterocycles. The Kier molecular flexibility index (Phi) is 3.82. The second kappa shape index (κ2) is 5.40. The summed E-state index contributed by atoms with van der Waals surface area (Å²) in [5.74, 6) is -0.359. The van der Waals surface area contributed by atoms with Crippen LogP contribution in [0.1, 0.15) is 16.1 Å². The van der Waals surface area contributed by atoms with E-state index in [1.807, 2.05) is 0 Å². The Balaban J connectivity index is 2.27. The highest BCUT2D eigenvalue weighted by Crippen LogP contribution is 2.15. The van der Waals surface area contributed by atoms with Crippen molar-refractivity contribution in [2.24, 2.45) is 5.14 Å². The van der Waals surface area contributed by atoms with Crippen molar-refractivity contribution in [3.05, 3.63) is 53.9 Å². The molecule has 0 aliphatic carbocycles. The number of pyridine rings is 1. The molecule has 0 aliphatic rings. The number of hydrogen-bond acceptors (Lipinski definition) is 4. The van der Waals surface area contributed by atoms with Crippen molar-refractivity contribution in [3.63, 3.8) is 0 Å². The molecule has 0 spiro atoms. The Bertz CT molecular complexity index is 757. The lowest BCUT2D eigenvalue weighted by molar-refractivity contribution is 0.102. The molecular weight excluding hydrogens is 278 g/mol. The third kappa shape index (κ3) is 3.19. The Morgan fingerprint density at radius 2 is 2.00 bits per heavy atom. The van der Waals surface area contributed by atoms with Crippen molar-refractivity contribution < 1.29 is 13.2 Å². The van der Waals surface area contributed by atoms with Crippen LogP contribution in [0.2, 0.25) is 0 Å². The molecule has 104 valence electrons. The number of sulfonamides is 1. The summed E-state index contributed by atoms with van der Waals surface area (Å²) in [6, 6.07) is 9.05. The summed E-state index contributed by atoms with van der Waals surface area (Å²) in [5.41, 5.74) is 1.37. The molecule has 0 radical (unpaired) electrons. The minimum atomic E-state index is -3.80. The number of nitrogens with zero attached hydrogens (tertiary/aromatic N) is 1. The largest absolute Gasteiger partial charge is 0.322 e. The van der Waals surface area contributed by atoms with Gasteiger partial charge in [-0.2, -0.15) is 0 Å². The van der Waals surface area contributed by atoms with Crippen molar-refractivity contribution >= 4 is 21.6 Å². The zero-order valence-electron chi connectivity index (χ0n) is 10.7. The van der Waals surface area contributed by atoms with Crippen molar-refractivity contribution in [2.75, 3.05) is 5.32 Å². The molecule has 0 unspecified atom stereocenters. The summed E-state index contributed by atoms with van der Waals surface area (Å²) in [6.45, 7) is 1.72. The highest BCUT2D eigenvalue weighted by Gasteiger charge is 2.12. The van der Waals surface area contributed by atoms with E-state index in [-0.39, 0.29) is 10.8 Å². The topological polar surface area (TPSA) is 102 Å². The zero-order chi connectivity index (χ0) is 14.8. The van der Waals surface area contributed by atoms with E-state index in [0.717, 1.165) is 0 Å². The first-order chi connectivity index (χ1) is 9.38. The number of carbonyl (C=O) groups excluding carboxylic acids is 1. The van der Waals surface area contributed by atoms with Crippen LogP contribution in [-0.2, 0) is 10.0 Å². The van der Waals surface area contributed by atoms with Crippen LogP contribution in [0.3, 0.4) is 0 Å². The van der Waals surface area contributed by atoms with Gasteiger partial charge in [0.05, 0.1) is 10.5 Å². The SMILES string of the molecule is Cc1ncccc1C(=O)Nc1cccc(S(N)(=O)=O)c1. The highest BCUT2D eigenvalue weighted by molar-refractivity contribution is 7.89. The van der Waals surface area contributed by atoms with E-state index in [1.54, 1.807) is 31.3 Å². The minimum absolute atomic E-state index is 0.0572. The number of nitrogens with two attached hydrogens (primary N) is 1. The number of anilines is 1.